The molecule has 0 fully saturated rings. The van der Waals surface area contributed by atoms with Crippen molar-refractivity contribution in [3.8, 4) is 0 Å². The summed E-state index contributed by atoms with van der Waals surface area (Å²) >= 11 is 0. The van der Waals surface area contributed by atoms with E-state index in [0.29, 0.717) is 12.1 Å². The first-order chi connectivity index (χ1) is 8.62. The van der Waals surface area contributed by atoms with Gasteiger partial charge >= 0.3 is 12.1 Å². The van der Waals surface area contributed by atoms with Gasteiger partial charge in [0.05, 0.1) is 10.5 Å². The molecule has 0 aliphatic rings. The van der Waals surface area contributed by atoms with Gasteiger partial charge < -0.3 is 10.4 Å². The summed E-state index contributed by atoms with van der Waals surface area (Å²) in [6.07, 6.45) is -4.71. The molecule has 0 spiro atoms. The van der Waals surface area contributed by atoms with Crippen LogP contribution in [0.15, 0.2) is 18.2 Å². The Morgan fingerprint density at radius 2 is 2.05 bits per heavy atom. The first-order valence-corrected chi connectivity index (χ1v) is 4.98. The zero-order valence-corrected chi connectivity index (χ0v) is 9.56. The van der Waals surface area contributed by atoms with Crippen molar-refractivity contribution in [2.45, 2.75) is 19.1 Å². The second-order valence-corrected chi connectivity index (χ2v) is 3.69. The molecule has 1 atom stereocenters. The molecule has 0 saturated heterocycles. The van der Waals surface area contributed by atoms with Crippen molar-refractivity contribution in [3.63, 3.8) is 0 Å². The van der Waals surface area contributed by atoms with Crippen LogP contribution < -0.4 is 5.32 Å². The quantitative estimate of drug-likeness (QED) is 0.652. The van der Waals surface area contributed by atoms with Crippen molar-refractivity contribution in [1.82, 2.24) is 0 Å². The molecule has 6 nitrogen and oxygen atoms in total. The topological polar surface area (TPSA) is 92.5 Å². The van der Waals surface area contributed by atoms with Gasteiger partial charge in [0.1, 0.15) is 11.7 Å². The third-order valence-electron chi connectivity index (χ3n) is 2.26. The number of aliphatic carboxylic acids is 1. The van der Waals surface area contributed by atoms with Gasteiger partial charge in [0.15, 0.2) is 0 Å². The largest absolute Gasteiger partial charge is 0.480 e. The first kappa shape index (κ1) is 14.7. The zero-order valence-electron chi connectivity index (χ0n) is 9.56. The van der Waals surface area contributed by atoms with Crippen LogP contribution in [0.5, 0.6) is 0 Å². The summed E-state index contributed by atoms with van der Waals surface area (Å²) in [7, 11) is 0. The van der Waals surface area contributed by atoms with Crippen LogP contribution in [0, 0.1) is 10.1 Å². The van der Waals surface area contributed by atoms with Crippen molar-refractivity contribution in [1.29, 1.82) is 0 Å². The van der Waals surface area contributed by atoms with Gasteiger partial charge in [-0.25, -0.2) is 0 Å². The van der Waals surface area contributed by atoms with Crippen molar-refractivity contribution in [2.75, 3.05) is 5.32 Å². The lowest BCUT2D eigenvalue weighted by atomic mass is 10.1. The van der Waals surface area contributed by atoms with E-state index < -0.39 is 34.4 Å². The van der Waals surface area contributed by atoms with Crippen LogP contribution in [0.3, 0.4) is 0 Å². The molecule has 9 heteroatoms. The summed E-state index contributed by atoms with van der Waals surface area (Å²) in [5.41, 5.74) is -2.29. The minimum Gasteiger partial charge on any atom is -0.480 e. The minimum atomic E-state index is -4.71. The highest BCUT2D eigenvalue weighted by molar-refractivity contribution is 5.78. The molecule has 0 aliphatic heterocycles. The lowest BCUT2D eigenvalue weighted by molar-refractivity contribution is -0.384. The van der Waals surface area contributed by atoms with E-state index in [1.807, 2.05) is 0 Å². The molecular formula is C10H9F3N2O4. The van der Waals surface area contributed by atoms with Gasteiger partial charge in [0.2, 0.25) is 0 Å². The molecule has 0 unspecified atom stereocenters. The molecule has 1 aromatic rings. The van der Waals surface area contributed by atoms with Crippen LogP contribution >= 0.6 is 0 Å². The van der Waals surface area contributed by atoms with Crippen LogP contribution in [-0.2, 0) is 11.0 Å². The summed E-state index contributed by atoms with van der Waals surface area (Å²) in [6, 6.07) is 0.664. The number of benzene rings is 1. The van der Waals surface area contributed by atoms with Crippen molar-refractivity contribution < 1.29 is 28.0 Å². The molecule has 1 rings (SSSR count). The maximum absolute atomic E-state index is 12.4. The Morgan fingerprint density at radius 1 is 1.47 bits per heavy atom. The van der Waals surface area contributed by atoms with E-state index in [-0.39, 0.29) is 5.69 Å². The number of hydrogen-bond donors (Lipinski definition) is 2. The summed E-state index contributed by atoms with van der Waals surface area (Å²) in [6.45, 7) is 1.21. The minimum absolute atomic E-state index is 0.284. The monoisotopic (exact) mass is 278 g/mol. The number of hydrogen-bond acceptors (Lipinski definition) is 4. The Bertz CT molecular complexity index is 516. The molecule has 0 radical (unpaired) electrons. The van der Waals surface area contributed by atoms with Gasteiger partial charge in [-0.05, 0) is 19.1 Å². The summed E-state index contributed by atoms with van der Waals surface area (Å²) < 4.78 is 37.2. The lowest BCUT2D eigenvalue weighted by Crippen LogP contribution is -2.25. The highest BCUT2D eigenvalue weighted by atomic mass is 19.4. The van der Waals surface area contributed by atoms with Crippen molar-refractivity contribution in [3.05, 3.63) is 33.9 Å². The number of anilines is 1. The second kappa shape index (κ2) is 5.12. The van der Waals surface area contributed by atoms with Gasteiger partial charge in [-0.2, -0.15) is 13.2 Å². The molecule has 0 aliphatic carbocycles. The first-order valence-electron chi connectivity index (χ1n) is 4.98. The van der Waals surface area contributed by atoms with E-state index in [1.54, 1.807) is 0 Å². The van der Waals surface area contributed by atoms with Crippen molar-refractivity contribution >= 4 is 17.3 Å². The fourth-order valence-corrected chi connectivity index (χ4v) is 1.28. The molecule has 0 aromatic heterocycles. The number of nitro groups is 1. The SMILES string of the molecule is C[C@H](Nc1ccc(C(F)(F)F)cc1[N+](=O)[O-])C(=O)O. The van der Waals surface area contributed by atoms with E-state index in [2.05, 4.69) is 5.32 Å². The number of nitrogens with zero attached hydrogens (tertiary/aromatic N) is 1. The van der Waals surface area contributed by atoms with Gasteiger partial charge in [-0.1, -0.05) is 0 Å². The Labute approximate surface area is 105 Å². The van der Waals surface area contributed by atoms with Gasteiger partial charge in [0.25, 0.3) is 5.69 Å². The lowest BCUT2D eigenvalue weighted by Gasteiger charge is -2.12. The standard InChI is InChI=1S/C10H9F3N2O4/c1-5(9(16)17)14-7-3-2-6(10(11,12)13)4-8(7)15(18)19/h2-5,14H,1H3,(H,16,17)/t5-/m0/s1. The number of rotatable bonds is 4. The maximum Gasteiger partial charge on any atom is 0.416 e. The molecule has 1 aromatic carbocycles. The highest BCUT2D eigenvalue weighted by Gasteiger charge is 2.33. The Morgan fingerprint density at radius 3 is 2.47 bits per heavy atom. The van der Waals surface area contributed by atoms with Crippen molar-refractivity contribution in [2.24, 2.45) is 0 Å². The van der Waals surface area contributed by atoms with Crippen LogP contribution in [-0.4, -0.2) is 22.0 Å². The summed E-state index contributed by atoms with van der Waals surface area (Å²) in [5.74, 6) is -1.28. The van der Waals surface area contributed by atoms with Gasteiger partial charge in [0, 0.05) is 6.07 Å². The Hall–Kier alpha value is -2.32. The molecular weight excluding hydrogens is 269 g/mol. The van der Waals surface area contributed by atoms with Crippen LogP contribution in [0.4, 0.5) is 24.5 Å². The molecule has 0 amide bonds. The zero-order chi connectivity index (χ0) is 14.8. The normalized spacial score (nSPS) is 12.8. The van der Waals surface area contributed by atoms with Crippen LogP contribution in [0.2, 0.25) is 0 Å². The fraction of sp³-hybridized carbons (Fsp3) is 0.300. The predicted molar refractivity (Wildman–Crippen MR) is 58.8 cm³/mol. The average Bonchev–Trinajstić information content (AvgIpc) is 2.27. The molecule has 104 valence electrons. The highest BCUT2D eigenvalue weighted by Crippen LogP contribution is 2.35. The maximum atomic E-state index is 12.4. The number of carbonyl (C=O) groups is 1. The number of halogens is 3. The second-order valence-electron chi connectivity index (χ2n) is 3.69. The van der Waals surface area contributed by atoms with E-state index in [9.17, 15) is 28.1 Å². The van der Waals surface area contributed by atoms with Crippen LogP contribution in [0.25, 0.3) is 0 Å². The molecule has 0 heterocycles. The summed E-state index contributed by atoms with van der Waals surface area (Å²) in [4.78, 5) is 20.3. The smallest absolute Gasteiger partial charge is 0.416 e. The predicted octanol–water partition coefficient (Wildman–Crippen LogP) is 2.50. The molecule has 0 bridgehead atoms. The molecule has 2 N–H and O–H groups in total. The number of alkyl halides is 3. The summed E-state index contributed by atoms with van der Waals surface area (Å²) in [5, 5.41) is 21.6. The third kappa shape index (κ3) is 3.57. The number of nitro benzene ring substituents is 1. The molecule has 0 saturated carbocycles. The van der Waals surface area contributed by atoms with Crippen LogP contribution in [0.1, 0.15) is 12.5 Å². The Kier molecular flexibility index (Phi) is 3.98. The average molecular weight is 278 g/mol. The fourth-order valence-electron chi connectivity index (χ4n) is 1.28. The number of carboxylic acids is 1. The van der Waals surface area contributed by atoms with Gasteiger partial charge in [-0.15, -0.1) is 0 Å². The van der Waals surface area contributed by atoms with E-state index >= 15 is 0 Å². The number of nitrogens with one attached hydrogen (secondary N) is 1. The van der Waals surface area contributed by atoms with Gasteiger partial charge in [-0.3, -0.25) is 14.9 Å². The van der Waals surface area contributed by atoms with E-state index in [0.717, 1.165) is 6.07 Å². The van der Waals surface area contributed by atoms with E-state index in [1.165, 1.54) is 6.92 Å². The third-order valence-corrected chi connectivity index (χ3v) is 2.26. The molecule has 19 heavy (non-hydrogen) atoms. The number of carboxylic acid groups (broad SMARTS) is 1. The van der Waals surface area contributed by atoms with E-state index in [4.69, 9.17) is 5.11 Å². The Balaban J connectivity index is 3.19.